The molecule has 0 saturated carbocycles. The minimum atomic E-state index is -3.03. The summed E-state index contributed by atoms with van der Waals surface area (Å²) >= 11 is 0. The minimum absolute atomic E-state index is 0. The Kier molecular flexibility index (Phi) is 13.3. The van der Waals surface area contributed by atoms with E-state index in [1.807, 2.05) is 45.9 Å². The number of halogens is 1. The predicted molar refractivity (Wildman–Crippen MR) is 126 cm³/mol. The van der Waals surface area contributed by atoms with Crippen LogP contribution in [0.1, 0.15) is 46.2 Å². The molecular weight excluding hydrogens is 493 g/mol. The fourth-order valence-electron chi connectivity index (χ4n) is 2.39. The lowest BCUT2D eigenvalue weighted by atomic mass is 10.1. The van der Waals surface area contributed by atoms with Crippen LogP contribution in [0.5, 0.6) is 11.5 Å². The number of nitrogens with one attached hydrogen (secondary N) is 2. The van der Waals surface area contributed by atoms with Crippen molar-refractivity contribution in [2.45, 2.75) is 40.7 Å². The smallest absolute Gasteiger partial charge is 0.191 e. The number of guanidine groups is 1. The third kappa shape index (κ3) is 9.31. The summed E-state index contributed by atoms with van der Waals surface area (Å²) < 4.78 is 34.5. The highest BCUT2D eigenvalue weighted by atomic mass is 127. The van der Waals surface area contributed by atoms with Gasteiger partial charge in [0.15, 0.2) is 27.3 Å². The molecule has 7 nitrogen and oxygen atoms in total. The van der Waals surface area contributed by atoms with Crippen LogP contribution in [0.2, 0.25) is 0 Å². The maximum atomic E-state index is 11.6. The van der Waals surface area contributed by atoms with E-state index < -0.39 is 9.84 Å². The van der Waals surface area contributed by atoms with Crippen LogP contribution in [0, 0.1) is 0 Å². The summed E-state index contributed by atoms with van der Waals surface area (Å²) in [4.78, 5) is 4.38. The fraction of sp³-hybridized carbons (Fsp3) is 0.632. The van der Waals surface area contributed by atoms with Gasteiger partial charge in [-0.05, 0) is 45.4 Å². The normalized spacial score (nSPS) is 12.7. The Morgan fingerprint density at radius 2 is 1.75 bits per heavy atom. The standard InChI is InChI=1S/C19H33N3O4S.HI/c1-6-20-19(21-12-13-27(23,24)9-4)22-15(5)16-10-11-17(25-7-2)18(14-16)26-8-3;/h10-11,14-15H,6-9,12-13H2,1-5H3,(H2,20,21,22);1H. The molecule has 9 heteroatoms. The van der Waals surface area contributed by atoms with Crippen molar-refractivity contribution in [3.63, 3.8) is 0 Å². The molecule has 1 unspecified atom stereocenters. The summed E-state index contributed by atoms with van der Waals surface area (Å²) in [6, 6.07) is 5.80. The largest absolute Gasteiger partial charge is 0.490 e. The SMILES string of the molecule is CCNC(=NCCS(=O)(=O)CC)NC(C)c1ccc(OCC)c(OCC)c1.I. The summed E-state index contributed by atoms with van der Waals surface area (Å²) in [5.74, 6) is 2.20. The third-order valence-corrected chi connectivity index (χ3v) is 5.56. The molecule has 0 aliphatic heterocycles. The molecule has 0 saturated heterocycles. The molecule has 1 rings (SSSR count). The molecule has 0 fully saturated rings. The van der Waals surface area contributed by atoms with Gasteiger partial charge in [-0.1, -0.05) is 13.0 Å². The zero-order chi connectivity index (χ0) is 20.3. The van der Waals surface area contributed by atoms with Gasteiger partial charge in [0.2, 0.25) is 0 Å². The van der Waals surface area contributed by atoms with Gasteiger partial charge in [-0.25, -0.2) is 8.42 Å². The van der Waals surface area contributed by atoms with Crippen molar-refractivity contribution in [1.82, 2.24) is 10.6 Å². The average molecular weight is 527 g/mol. The average Bonchev–Trinajstić information content (AvgIpc) is 2.63. The zero-order valence-electron chi connectivity index (χ0n) is 17.4. The van der Waals surface area contributed by atoms with Gasteiger partial charge in [-0.2, -0.15) is 0 Å². The van der Waals surface area contributed by atoms with Crippen molar-refractivity contribution in [3.8, 4) is 11.5 Å². The number of hydrogen-bond donors (Lipinski definition) is 2. The molecule has 162 valence electrons. The lowest BCUT2D eigenvalue weighted by Crippen LogP contribution is -2.39. The van der Waals surface area contributed by atoms with Gasteiger partial charge in [0, 0.05) is 12.3 Å². The number of sulfone groups is 1. The Balaban J connectivity index is 0.00000729. The highest BCUT2D eigenvalue weighted by Crippen LogP contribution is 2.30. The molecule has 0 amide bonds. The number of rotatable bonds is 11. The number of aliphatic imine (C=N–C) groups is 1. The molecule has 1 aromatic rings. The molecular formula is C19H34IN3O4S. The van der Waals surface area contributed by atoms with Crippen molar-refractivity contribution in [1.29, 1.82) is 0 Å². The van der Waals surface area contributed by atoms with E-state index in [2.05, 4.69) is 15.6 Å². The minimum Gasteiger partial charge on any atom is -0.490 e. The maximum absolute atomic E-state index is 11.6. The number of benzene rings is 1. The zero-order valence-corrected chi connectivity index (χ0v) is 20.6. The van der Waals surface area contributed by atoms with E-state index in [1.165, 1.54) is 0 Å². The second-order valence-corrected chi connectivity index (χ2v) is 8.41. The van der Waals surface area contributed by atoms with Crippen LogP contribution in [-0.2, 0) is 9.84 Å². The van der Waals surface area contributed by atoms with Crippen molar-refractivity contribution < 1.29 is 17.9 Å². The van der Waals surface area contributed by atoms with E-state index in [4.69, 9.17) is 9.47 Å². The summed E-state index contributed by atoms with van der Waals surface area (Å²) in [6.07, 6.45) is 0. The Hall–Kier alpha value is -1.23. The van der Waals surface area contributed by atoms with Gasteiger partial charge in [-0.15, -0.1) is 24.0 Å². The van der Waals surface area contributed by atoms with Gasteiger partial charge in [0.1, 0.15) is 0 Å². The molecule has 0 heterocycles. The molecule has 2 N–H and O–H groups in total. The topological polar surface area (TPSA) is 89.0 Å². The number of nitrogens with zero attached hydrogens (tertiary/aromatic N) is 1. The first-order valence-electron chi connectivity index (χ1n) is 9.51. The first-order valence-corrected chi connectivity index (χ1v) is 11.3. The van der Waals surface area contributed by atoms with Crippen molar-refractivity contribution >= 4 is 39.8 Å². The van der Waals surface area contributed by atoms with E-state index in [0.717, 1.165) is 11.3 Å². The van der Waals surface area contributed by atoms with Crippen molar-refractivity contribution in [2.24, 2.45) is 4.99 Å². The molecule has 28 heavy (non-hydrogen) atoms. The Labute approximate surface area is 186 Å². The predicted octanol–water partition coefficient (Wildman–Crippen LogP) is 3.15. The lowest BCUT2D eigenvalue weighted by Gasteiger charge is -2.20. The van der Waals surface area contributed by atoms with E-state index >= 15 is 0 Å². The van der Waals surface area contributed by atoms with Gasteiger partial charge < -0.3 is 20.1 Å². The quantitative estimate of drug-likeness (QED) is 0.261. The molecule has 0 bridgehead atoms. The highest BCUT2D eigenvalue weighted by molar-refractivity contribution is 14.0. The Morgan fingerprint density at radius 3 is 2.32 bits per heavy atom. The first-order chi connectivity index (χ1) is 12.9. The van der Waals surface area contributed by atoms with Gasteiger partial charge in [0.05, 0.1) is 31.6 Å². The molecule has 1 aromatic carbocycles. The van der Waals surface area contributed by atoms with Crippen LogP contribution in [0.25, 0.3) is 0 Å². The Morgan fingerprint density at radius 1 is 1.11 bits per heavy atom. The Bertz CT molecular complexity index is 711. The third-order valence-electron chi connectivity index (χ3n) is 3.88. The maximum Gasteiger partial charge on any atom is 0.191 e. The van der Waals surface area contributed by atoms with Crippen LogP contribution >= 0.6 is 24.0 Å². The van der Waals surface area contributed by atoms with Crippen LogP contribution in [-0.4, -0.2) is 52.2 Å². The van der Waals surface area contributed by atoms with Gasteiger partial charge in [0.25, 0.3) is 0 Å². The molecule has 0 aliphatic rings. The lowest BCUT2D eigenvalue weighted by molar-refractivity contribution is 0.287. The van der Waals surface area contributed by atoms with E-state index in [1.54, 1.807) is 6.92 Å². The number of ether oxygens (including phenoxy) is 2. The molecule has 1 atom stereocenters. The summed E-state index contributed by atoms with van der Waals surface area (Å²) in [7, 11) is -3.03. The van der Waals surface area contributed by atoms with Gasteiger partial charge >= 0.3 is 0 Å². The van der Waals surface area contributed by atoms with E-state index in [0.29, 0.717) is 31.5 Å². The summed E-state index contributed by atoms with van der Waals surface area (Å²) in [6.45, 7) is 11.5. The molecule has 0 spiro atoms. The van der Waals surface area contributed by atoms with Crippen LogP contribution in [0.4, 0.5) is 0 Å². The summed E-state index contributed by atoms with van der Waals surface area (Å²) in [5.41, 5.74) is 1.02. The molecule has 0 aliphatic carbocycles. The van der Waals surface area contributed by atoms with Crippen LogP contribution in [0.3, 0.4) is 0 Å². The van der Waals surface area contributed by atoms with Crippen molar-refractivity contribution in [3.05, 3.63) is 23.8 Å². The first kappa shape index (κ1) is 26.8. The fourth-order valence-corrected chi connectivity index (χ4v) is 3.04. The highest BCUT2D eigenvalue weighted by Gasteiger charge is 2.13. The van der Waals surface area contributed by atoms with E-state index in [-0.39, 0.29) is 48.1 Å². The summed E-state index contributed by atoms with van der Waals surface area (Å²) in [5, 5.41) is 6.45. The molecule has 0 radical (unpaired) electrons. The second kappa shape index (κ2) is 13.9. The van der Waals surface area contributed by atoms with E-state index in [9.17, 15) is 8.42 Å². The van der Waals surface area contributed by atoms with Crippen LogP contribution in [0.15, 0.2) is 23.2 Å². The monoisotopic (exact) mass is 527 g/mol. The van der Waals surface area contributed by atoms with Crippen LogP contribution < -0.4 is 20.1 Å². The second-order valence-electron chi connectivity index (χ2n) is 5.94. The number of hydrogen-bond acceptors (Lipinski definition) is 5. The molecule has 0 aromatic heterocycles. The van der Waals surface area contributed by atoms with Crippen molar-refractivity contribution in [2.75, 3.05) is 37.8 Å². The van der Waals surface area contributed by atoms with Gasteiger partial charge in [-0.3, -0.25) is 4.99 Å².